The SMILES string of the molecule is NC(=O)c1c(Nc2ccc(I)cc2)n[nH]c1NCc1ccc(O)cc1. The van der Waals surface area contributed by atoms with E-state index >= 15 is 0 Å². The first-order chi connectivity index (χ1) is 12.0. The number of phenols is 1. The summed E-state index contributed by atoms with van der Waals surface area (Å²) < 4.78 is 1.11. The average molecular weight is 449 g/mol. The van der Waals surface area contributed by atoms with Crippen LogP contribution >= 0.6 is 22.6 Å². The number of rotatable bonds is 6. The van der Waals surface area contributed by atoms with Crippen LogP contribution in [0.2, 0.25) is 0 Å². The van der Waals surface area contributed by atoms with Crippen molar-refractivity contribution in [2.75, 3.05) is 10.6 Å². The summed E-state index contributed by atoms with van der Waals surface area (Å²) in [6.45, 7) is 0.450. The molecule has 3 rings (SSSR count). The molecule has 0 aliphatic carbocycles. The van der Waals surface area contributed by atoms with Crippen molar-refractivity contribution in [2.24, 2.45) is 5.73 Å². The van der Waals surface area contributed by atoms with Gasteiger partial charge in [-0.15, -0.1) is 0 Å². The van der Waals surface area contributed by atoms with Crippen LogP contribution in [-0.2, 0) is 6.54 Å². The van der Waals surface area contributed by atoms with E-state index in [1.807, 2.05) is 24.3 Å². The Kier molecular flexibility index (Phi) is 5.08. The molecule has 0 saturated carbocycles. The fourth-order valence-electron chi connectivity index (χ4n) is 2.27. The van der Waals surface area contributed by atoms with E-state index in [-0.39, 0.29) is 11.3 Å². The highest BCUT2D eigenvalue weighted by Gasteiger charge is 2.18. The maximum atomic E-state index is 11.9. The Labute approximate surface area is 157 Å². The normalized spacial score (nSPS) is 10.4. The third-order valence-electron chi connectivity index (χ3n) is 3.53. The van der Waals surface area contributed by atoms with Gasteiger partial charge >= 0.3 is 0 Å². The van der Waals surface area contributed by atoms with Crippen LogP contribution in [0.3, 0.4) is 0 Å². The molecular formula is C17H16IN5O2. The number of aromatic nitrogens is 2. The molecule has 3 aromatic rings. The highest BCUT2D eigenvalue weighted by Crippen LogP contribution is 2.25. The molecule has 0 bridgehead atoms. The number of nitrogens with two attached hydrogens (primary N) is 1. The second kappa shape index (κ2) is 7.43. The summed E-state index contributed by atoms with van der Waals surface area (Å²) in [5, 5.41) is 22.4. The van der Waals surface area contributed by atoms with Crippen molar-refractivity contribution in [1.82, 2.24) is 10.2 Å². The lowest BCUT2D eigenvalue weighted by Crippen LogP contribution is -2.15. The summed E-state index contributed by atoms with van der Waals surface area (Å²) in [6.07, 6.45) is 0. The fourth-order valence-corrected chi connectivity index (χ4v) is 2.63. The lowest BCUT2D eigenvalue weighted by Gasteiger charge is -2.07. The zero-order chi connectivity index (χ0) is 17.8. The number of aromatic amines is 1. The molecule has 7 nitrogen and oxygen atoms in total. The van der Waals surface area contributed by atoms with Crippen molar-refractivity contribution in [3.8, 4) is 5.75 Å². The lowest BCUT2D eigenvalue weighted by atomic mass is 10.2. The van der Waals surface area contributed by atoms with Crippen LogP contribution in [0.15, 0.2) is 48.5 Å². The van der Waals surface area contributed by atoms with Gasteiger partial charge in [0.05, 0.1) is 0 Å². The van der Waals surface area contributed by atoms with Gasteiger partial charge in [-0.2, -0.15) is 5.10 Å². The van der Waals surface area contributed by atoms with Crippen molar-refractivity contribution < 1.29 is 9.90 Å². The molecule has 0 aliphatic rings. The monoisotopic (exact) mass is 449 g/mol. The number of carbonyl (C=O) groups excluding carboxylic acids is 1. The Morgan fingerprint density at radius 2 is 1.84 bits per heavy atom. The number of nitrogens with one attached hydrogen (secondary N) is 3. The minimum Gasteiger partial charge on any atom is -0.508 e. The van der Waals surface area contributed by atoms with Gasteiger partial charge in [-0.25, -0.2) is 0 Å². The van der Waals surface area contributed by atoms with Crippen LogP contribution in [0.1, 0.15) is 15.9 Å². The molecule has 6 N–H and O–H groups in total. The van der Waals surface area contributed by atoms with Gasteiger partial charge in [0.15, 0.2) is 5.82 Å². The molecule has 2 aromatic carbocycles. The Balaban J connectivity index is 1.78. The molecule has 8 heteroatoms. The number of nitrogens with zero attached hydrogens (tertiary/aromatic N) is 1. The molecule has 0 aliphatic heterocycles. The first-order valence-electron chi connectivity index (χ1n) is 7.45. The van der Waals surface area contributed by atoms with Crippen LogP contribution in [-0.4, -0.2) is 21.2 Å². The molecule has 0 radical (unpaired) electrons. The third kappa shape index (κ3) is 4.21. The van der Waals surface area contributed by atoms with Crippen LogP contribution < -0.4 is 16.4 Å². The molecule has 0 unspecified atom stereocenters. The number of hydrogen-bond acceptors (Lipinski definition) is 5. The van der Waals surface area contributed by atoms with Gasteiger partial charge < -0.3 is 21.5 Å². The van der Waals surface area contributed by atoms with E-state index in [4.69, 9.17) is 5.73 Å². The number of H-pyrrole nitrogens is 1. The van der Waals surface area contributed by atoms with Crippen molar-refractivity contribution in [3.05, 3.63) is 63.2 Å². The van der Waals surface area contributed by atoms with E-state index in [2.05, 4.69) is 43.4 Å². The van der Waals surface area contributed by atoms with Crippen LogP contribution in [0, 0.1) is 3.57 Å². The fraction of sp³-hybridized carbons (Fsp3) is 0.0588. The smallest absolute Gasteiger partial charge is 0.256 e. The quantitative estimate of drug-likeness (QED) is 0.371. The molecule has 0 atom stereocenters. The number of anilines is 3. The summed E-state index contributed by atoms with van der Waals surface area (Å²) in [5.74, 6) is 0.414. The van der Waals surface area contributed by atoms with E-state index in [1.165, 1.54) is 0 Å². The van der Waals surface area contributed by atoms with E-state index in [0.717, 1.165) is 14.8 Å². The zero-order valence-corrected chi connectivity index (χ0v) is 15.2. The van der Waals surface area contributed by atoms with Crippen molar-refractivity contribution in [1.29, 1.82) is 0 Å². The molecular weight excluding hydrogens is 433 g/mol. The Morgan fingerprint density at radius 1 is 1.16 bits per heavy atom. The predicted molar refractivity (Wildman–Crippen MR) is 105 cm³/mol. The Bertz CT molecular complexity index is 875. The van der Waals surface area contributed by atoms with Gasteiger partial charge in [-0.3, -0.25) is 9.89 Å². The largest absolute Gasteiger partial charge is 0.508 e. The van der Waals surface area contributed by atoms with Crippen molar-refractivity contribution >= 4 is 45.8 Å². The van der Waals surface area contributed by atoms with Gasteiger partial charge in [-0.1, -0.05) is 12.1 Å². The number of aromatic hydroxyl groups is 1. The molecule has 0 spiro atoms. The third-order valence-corrected chi connectivity index (χ3v) is 4.24. The number of phenolic OH excluding ortho intramolecular Hbond substituents is 1. The first-order valence-corrected chi connectivity index (χ1v) is 8.53. The maximum absolute atomic E-state index is 11.9. The van der Waals surface area contributed by atoms with Gasteiger partial charge in [0.1, 0.15) is 17.1 Å². The van der Waals surface area contributed by atoms with E-state index in [1.54, 1.807) is 24.3 Å². The topological polar surface area (TPSA) is 116 Å². The number of halogens is 1. The lowest BCUT2D eigenvalue weighted by molar-refractivity contribution is 0.100. The number of amides is 1. The van der Waals surface area contributed by atoms with E-state index < -0.39 is 5.91 Å². The summed E-state index contributed by atoms with van der Waals surface area (Å²) >= 11 is 2.22. The van der Waals surface area contributed by atoms with E-state index in [9.17, 15) is 9.90 Å². The molecule has 128 valence electrons. The van der Waals surface area contributed by atoms with Gasteiger partial charge in [-0.05, 0) is 64.6 Å². The molecule has 25 heavy (non-hydrogen) atoms. The second-order valence-electron chi connectivity index (χ2n) is 5.34. The number of benzene rings is 2. The summed E-state index contributed by atoms with van der Waals surface area (Å²) in [4.78, 5) is 11.9. The Morgan fingerprint density at radius 3 is 2.48 bits per heavy atom. The molecule has 0 saturated heterocycles. The highest BCUT2D eigenvalue weighted by molar-refractivity contribution is 14.1. The van der Waals surface area contributed by atoms with Crippen molar-refractivity contribution in [3.63, 3.8) is 0 Å². The van der Waals surface area contributed by atoms with Crippen LogP contribution in [0.4, 0.5) is 17.3 Å². The van der Waals surface area contributed by atoms with Gasteiger partial charge in [0.25, 0.3) is 5.91 Å². The highest BCUT2D eigenvalue weighted by atomic mass is 127. The minimum atomic E-state index is -0.588. The number of hydrogen-bond donors (Lipinski definition) is 5. The Hall–Kier alpha value is -2.75. The molecule has 0 fully saturated rings. The first kappa shape index (κ1) is 17.1. The van der Waals surface area contributed by atoms with E-state index in [0.29, 0.717) is 18.2 Å². The average Bonchev–Trinajstić information content (AvgIpc) is 2.99. The van der Waals surface area contributed by atoms with Gasteiger partial charge in [0.2, 0.25) is 0 Å². The number of carbonyl (C=O) groups is 1. The van der Waals surface area contributed by atoms with Crippen LogP contribution in [0.25, 0.3) is 0 Å². The van der Waals surface area contributed by atoms with Crippen LogP contribution in [0.5, 0.6) is 5.75 Å². The predicted octanol–water partition coefficient (Wildman–Crippen LogP) is 3.17. The second-order valence-corrected chi connectivity index (χ2v) is 6.58. The zero-order valence-electron chi connectivity index (χ0n) is 13.1. The number of primary amides is 1. The van der Waals surface area contributed by atoms with Gasteiger partial charge in [0, 0.05) is 15.8 Å². The van der Waals surface area contributed by atoms with Crippen molar-refractivity contribution in [2.45, 2.75) is 6.54 Å². The molecule has 1 aromatic heterocycles. The molecule has 1 heterocycles. The maximum Gasteiger partial charge on any atom is 0.256 e. The minimum absolute atomic E-state index is 0.201. The summed E-state index contributed by atoms with van der Waals surface area (Å²) in [6, 6.07) is 14.5. The standard InChI is InChI=1S/C17H16IN5O2/c18-11-3-5-12(6-4-11)21-17-14(15(19)25)16(22-23-17)20-9-10-1-7-13(24)8-2-10/h1-8,24H,9H2,(H2,19,25)(H3,20,21,22,23). The summed E-state index contributed by atoms with van der Waals surface area (Å²) in [7, 11) is 0. The summed E-state index contributed by atoms with van der Waals surface area (Å²) in [5.41, 5.74) is 7.52. The molecule has 1 amide bonds.